The summed E-state index contributed by atoms with van der Waals surface area (Å²) < 4.78 is 41.1. The van der Waals surface area contributed by atoms with E-state index in [9.17, 15) is 18.0 Å². The summed E-state index contributed by atoms with van der Waals surface area (Å²) in [6.45, 7) is 0. The van der Waals surface area contributed by atoms with Gasteiger partial charge in [-0.2, -0.15) is 5.26 Å². The Morgan fingerprint density at radius 2 is 1.95 bits per heavy atom. The van der Waals surface area contributed by atoms with Gasteiger partial charge >= 0.3 is 6.36 Å². The molecule has 108 valence electrons. The highest BCUT2D eigenvalue weighted by Crippen LogP contribution is 2.32. The summed E-state index contributed by atoms with van der Waals surface area (Å²) in [7, 11) is 0. The summed E-state index contributed by atoms with van der Waals surface area (Å²) in [5, 5.41) is 8.64. The number of nitrogens with zero attached hydrogens (tertiary/aromatic N) is 1. The molecule has 21 heavy (non-hydrogen) atoms. The zero-order valence-electron chi connectivity index (χ0n) is 10.6. The van der Waals surface area contributed by atoms with Crippen molar-refractivity contribution < 1.29 is 17.9 Å². The van der Waals surface area contributed by atoms with Gasteiger partial charge < -0.3 is 9.72 Å². The van der Waals surface area contributed by atoms with Gasteiger partial charge in [0.1, 0.15) is 5.75 Å². The molecule has 0 radical (unpaired) electrons. The predicted octanol–water partition coefficient (Wildman–Crippen LogP) is 3.01. The van der Waals surface area contributed by atoms with Crippen LogP contribution in [0, 0.1) is 11.3 Å². The summed E-state index contributed by atoms with van der Waals surface area (Å²) in [4.78, 5) is 14.2. The van der Waals surface area contributed by atoms with Crippen LogP contribution >= 0.6 is 0 Å². The van der Waals surface area contributed by atoms with Crippen molar-refractivity contribution in [2.24, 2.45) is 0 Å². The van der Waals surface area contributed by atoms with Crippen molar-refractivity contribution in [2.45, 2.75) is 12.8 Å². The van der Waals surface area contributed by atoms with E-state index < -0.39 is 17.7 Å². The molecular formula is C14H9F3N2O2. The smallest absolute Gasteiger partial charge is 0.405 e. The lowest BCUT2D eigenvalue weighted by molar-refractivity contribution is -0.274. The number of nitrogens with one attached hydrogen (secondary N) is 1. The van der Waals surface area contributed by atoms with Crippen molar-refractivity contribution in [2.75, 3.05) is 0 Å². The third-order valence-electron chi connectivity index (χ3n) is 2.65. The Bertz CT molecular complexity index is 745. The maximum absolute atomic E-state index is 12.4. The standard InChI is InChI=1S/C14H9F3N2O2/c15-14(16,17)21-12-4-2-1-3-10(12)11-7-9(5-6-18)8-19-13(11)20/h1-4,7-8H,5H2,(H,19,20). The van der Waals surface area contributed by atoms with Gasteiger partial charge in [0.15, 0.2) is 0 Å². The largest absolute Gasteiger partial charge is 0.573 e. The number of benzene rings is 1. The van der Waals surface area contributed by atoms with Crippen LogP contribution in [-0.2, 0) is 6.42 Å². The minimum atomic E-state index is -4.85. The molecule has 1 aromatic carbocycles. The van der Waals surface area contributed by atoms with E-state index in [4.69, 9.17) is 5.26 Å². The molecule has 0 aliphatic rings. The molecule has 0 saturated carbocycles. The molecule has 0 saturated heterocycles. The van der Waals surface area contributed by atoms with E-state index >= 15 is 0 Å². The molecule has 0 aliphatic carbocycles. The maximum Gasteiger partial charge on any atom is 0.573 e. The SMILES string of the molecule is N#CCc1c[nH]c(=O)c(-c2ccccc2OC(F)(F)F)c1. The number of pyridine rings is 1. The van der Waals surface area contributed by atoms with E-state index in [0.717, 1.165) is 6.07 Å². The molecule has 4 nitrogen and oxygen atoms in total. The normalized spacial score (nSPS) is 11.0. The molecule has 1 N–H and O–H groups in total. The number of rotatable bonds is 3. The van der Waals surface area contributed by atoms with Gasteiger partial charge in [-0.05, 0) is 17.7 Å². The Hall–Kier alpha value is -2.75. The Balaban J connectivity index is 2.54. The lowest BCUT2D eigenvalue weighted by atomic mass is 10.0. The number of halogens is 3. The van der Waals surface area contributed by atoms with Gasteiger partial charge in [0.2, 0.25) is 0 Å². The minimum Gasteiger partial charge on any atom is -0.405 e. The second kappa shape index (κ2) is 5.71. The van der Waals surface area contributed by atoms with Crippen LogP contribution < -0.4 is 10.3 Å². The van der Waals surface area contributed by atoms with E-state index in [2.05, 4.69) is 9.72 Å². The van der Waals surface area contributed by atoms with Crippen molar-refractivity contribution in [1.29, 1.82) is 5.26 Å². The van der Waals surface area contributed by atoms with Crippen LogP contribution in [0.4, 0.5) is 13.2 Å². The van der Waals surface area contributed by atoms with Crippen LogP contribution in [0.1, 0.15) is 5.56 Å². The monoisotopic (exact) mass is 294 g/mol. The number of aromatic amines is 1. The zero-order chi connectivity index (χ0) is 15.5. The molecular weight excluding hydrogens is 285 g/mol. The molecule has 0 amide bonds. The van der Waals surface area contributed by atoms with Crippen molar-refractivity contribution in [3.63, 3.8) is 0 Å². The van der Waals surface area contributed by atoms with Gasteiger partial charge in [0.25, 0.3) is 5.56 Å². The minimum absolute atomic E-state index is 0.0101. The summed E-state index contributed by atoms with van der Waals surface area (Å²) in [6.07, 6.45) is -3.47. The highest BCUT2D eigenvalue weighted by molar-refractivity contribution is 5.70. The lowest BCUT2D eigenvalue weighted by Gasteiger charge is -2.13. The first kappa shape index (κ1) is 14.7. The third-order valence-corrected chi connectivity index (χ3v) is 2.65. The average molecular weight is 294 g/mol. The Labute approximate surface area is 117 Å². The average Bonchev–Trinajstić information content (AvgIpc) is 2.40. The fraction of sp³-hybridized carbons (Fsp3) is 0.143. The Morgan fingerprint density at radius 1 is 1.24 bits per heavy atom. The fourth-order valence-corrected chi connectivity index (χ4v) is 1.82. The van der Waals surface area contributed by atoms with E-state index in [1.54, 1.807) is 0 Å². The molecule has 0 spiro atoms. The van der Waals surface area contributed by atoms with Crippen LogP contribution in [-0.4, -0.2) is 11.3 Å². The molecule has 7 heteroatoms. The van der Waals surface area contributed by atoms with Gasteiger partial charge in [-0.1, -0.05) is 18.2 Å². The van der Waals surface area contributed by atoms with Crippen LogP contribution in [0.15, 0.2) is 41.3 Å². The molecule has 0 bridgehead atoms. The molecule has 0 unspecified atom stereocenters. The molecule has 2 aromatic rings. The maximum atomic E-state index is 12.4. The number of ether oxygens (including phenoxy) is 1. The highest BCUT2D eigenvalue weighted by atomic mass is 19.4. The van der Waals surface area contributed by atoms with Crippen molar-refractivity contribution in [1.82, 2.24) is 4.98 Å². The zero-order valence-corrected chi connectivity index (χ0v) is 10.6. The number of para-hydroxylation sites is 1. The van der Waals surface area contributed by atoms with Gasteiger partial charge in [0.05, 0.1) is 18.1 Å². The number of aromatic nitrogens is 1. The van der Waals surface area contributed by atoms with Crippen molar-refractivity contribution in [3.05, 3.63) is 52.4 Å². The van der Waals surface area contributed by atoms with Gasteiger partial charge in [-0.25, -0.2) is 0 Å². The fourth-order valence-electron chi connectivity index (χ4n) is 1.82. The van der Waals surface area contributed by atoms with Crippen molar-refractivity contribution >= 4 is 0 Å². The summed E-state index contributed by atoms with van der Waals surface area (Å²) in [5.74, 6) is -0.468. The third kappa shape index (κ3) is 3.63. The van der Waals surface area contributed by atoms with Crippen LogP contribution in [0.3, 0.4) is 0 Å². The number of alkyl halides is 3. The molecule has 1 heterocycles. The molecule has 0 atom stereocenters. The van der Waals surface area contributed by atoms with Gasteiger partial charge in [0, 0.05) is 11.8 Å². The number of H-pyrrole nitrogens is 1. The Morgan fingerprint density at radius 3 is 2.62 bits per heavy atom. The van der Waals surface area contributed by atoms with Crippen LogP contribution in [0.5, 0.6) is 5.75 Å². The van der Waals surface area contributed by atoms with E-state index in [1.165, 1.54) is 30.5 Å². The molecule has 0 aliphatic heterocycles. The van der Waals surface area contributed by atoms with E-state index in [-0.39, 0.29) is 17.5 Å². The number of hydrogen-bond acceptors (Lipinski definition) is 3. The summed E-state index contributed by atoms with van der Waals surface area (Å²) >= 11 is 0. The second-order valence-electron chi connectivity index (χ2n) is 4.13. The first-order chi connectivity index (χ1) is 9.90. The first-order valence-corrected chi connectivity index (χ1v) is 5.84. The summed E-state index contributed by atoms with van der Waals surface area (Å²) in [5.41, 5.74) is -0.0395. The number of nitriles is 1. The van der Waals surface area contributed by atoms with E-state index in [1.807, 2.05) is 6.07 Å². The second-order valence-corrected chi connectivity index (χ2v) is 4.13. The van der Waals surface area contributed by atoms with Gasteiger partial charge in [-0.3, -0.25) is 4.79 Å². The van der Waals surface area contributed by atoms with Crippen LogP contribution in [0.2, 0.25) is 0 Å². The van der Waals surface area contributed by atoms with Gasteiger partial charge in [-0.15, -0.1) is 13.2 Å². The lowest BCUT2D eigenvalue weighted by Crippen LogP contribution is -2.18. The molecule has 1 aromatic heterocycles. The topological polar surface area (TPSA) is 65.9 Å². The van der Waals surface area contributed by atoms with Crippen LogP contribution in [0.25, 0.3) is 11.1 Å². The predicted molar refractivity (Wildman–Crippen MR) is 68.5 cm³/mol. The number of hydrogen-bond donors (Lipinski definition) is 1. The Kier molecular flexibility index (Phi) is 3.98. The molecule has 2 rings (SSSR count). The quantitative estimate of drug-likeness (QED) is 0.946. The highest BCUT2D eigenvalue weighted by Gasteiger charge is 2.32. The van der Waals surface area contributed by atoms with Crippen molar-refractivity contribution in [3.8, 4) is 22.9 Å². The first-order valence-electron chi connectivity index (χ1n) is 5.84. The summed E-state index contributed by atoms with van der Waals surface area (Å²) in [6, 6.07) is 8.62. The molecule has 0 fully saturated rings. The van der Waals surface area contributed by atoms with E-state index in [0.29, 0.717) is 5.56 Å².